The third kappa shape index (κ3) is 5.01. The van der Waals surface area contributed by atoms with Crippen molar-refractivity contribution in [1.29, 1.82) is 0 Å². The lowest BCUT2D eigenvalue weighted by Gasteiger charge is -2.29. The van der Waals surface area contributed by atoms with E-state index in [1.807, 2.05) is 66.9 Å². The maximum atomic E-state index is 13.1. The number of carbonyl (C=O) groups is 1. The van der Waals surface area contributed by atoms with Crippen molar-refractivity contribution in [3.63, 3.8) is 0 Å². The van der Waals surface area contributed by atoms with Crippen molar-refractivity contribution in [2.75, 3.05) is 18.5 Å². The summed E-state index contributed by atoms with van der Waals surface area (Å²) in [6, 6.07) is 24.0. The number of hydrogen-bond donors (Lipinski definition) is 2. The van der Waals surface area contributed by atoms with E-state index in [0.717, 1.165) is 53.8 Å². The molecule has 3 unspecified atom stereocenters. The Morgan fingerprint density at radius 2 is 1.95 bits per heavy atom. The van der Waals surface area contributed by atoms with Gasteiger partial charge in [0, 0.05) is 55.3 Å². The number of rotatable bonds is 8. The first-order chi connectivity index (χ1) is 18.7. The van der Waals surface area contributed by atoms with Gasteiger partial charge in [-0.2, -0.15) is 0 Å². The third-order valence-corrected chi connectivity index (χ3v) is 7.79. The number of anilines is 1. The summed E-state index contributed by atoms with van der Waals surface area (Å²) < 4.78 is 8.20. The molecular formula is C30H31N5O2S. The summed E-state index contributed by atoms with van der Waals surface area (Å²) in [7, 11) is 0. The van der Waals surface area contributed by atoms with E-state index < -0.39 is 0 Å². The minimum absolute atomic E-state index is 0.0427. The van der Waals surface area contributed by atoms with Gasteiger partial charge in [0.2, 0.25) is 5.91 Å². The summed E-state index contributed by atoms with van der Waals surface area (Å²) in [6.45, 7) is 2.11. The first-order valence-electron chi connectivity index (χ1n) is 13.2. The fraction of sp³-hybridized carbons (Fsp3) is 0.300. The second kappa shape index (κ2) is 10.9. The van der Waals surface area contributed by atoms with Gasteiger partial charge >= 0.3 is 0 Å². The quantitative estimate of drug-likeness (QED) is 0.308. The summed E-state index contributed by atoms with van der Waals surface area (Å²) >= 11 is 5.82. The number of amides is 1. The van der Waals surface area contributed by atoms with Crippen LogP contribution in [0, 0.1) is 0 Å². The molecule has 2 saturated heterocycles. The maximum Gasteiger partial charge on any atom is 0.226 e. The molecular weight excluding hydrogens is 494 g/mol. The van der Waals surface area contributed by atoms with Crippen LogP contribution in [0.3, 0.4) is 0 Å². The summed E-state index contributed by atoms with van der Waals surface area (Å²) in [6.07, 6.45) is 6.62. The molecule has 0 bridgehead atoms. The van der Waals surface area contributed by atoms with E-state index in [4.69, 9.17) is 17.0 Å². The van der Waals surface area contributed by atoms with Crippen LogP contribution in [0.1, 0.15) is 42.7 Å². The molecule has 7 nitrogen and oxygen atoms in total. The van der Waals surface area contributed by atoms with E-state index >= 15 is 0 Å². The zero-order valence-corrected chi connectivity index (χ0v) is 21.9. The number of hydrogen-bond acceptors (Lipinski definition) is 4. The van der Waals surface area contributed by atoms with Crippen molar-refractivity contribution in [2.24, 2.45) is 0 Å². The van der Waals surface area contributed by atoms with E-state index in [1.165, 1.54) is 0 Å². The van der Waals surface area contributed by atoms with Gasteiger partial charge in [-0.1, -0.05) is 42.5 Å². The molecule has 6 rings (SSSR count). The Morgan fingerprint density at radius 1 is 1.08 bits per heavy atom. The molecule has 2 aromatic carbocycles. The monoisotopic (exact) mass is 525 g/mol. The number of pyridine rings is 1. The van der Waals surface area contributed by atoms with Crippen LogP contribution >= 0.6 is 12.2 Å². The van der Waals surface area contributed by atoms with Crippen molar-refractivity contribution in [3.8, 4) is 0 Å². The van der Waals surface area contributed by atoms with E-state index in [0.29, 0.717) is 18.1 Å². The molecule has 3 atom stereocenters. The predicted molar refractivity (Wildman–Crippen MR) is 153 cm³/mol. The molecule has 38 heavy (non-hydrogen) atoms. The molecule has 194 valence electrons. The zero-order chi connectivity index (χ0) is 25.9. The average molecular weight is 526 g/mol. The number of benzene rings is 2. The molecule has 0 aliphatic carbocycles. The largest absolute Gasteiger partial charge is 0.376 e. The number of nitrogens with one attached hydrogen (secondary N) is 2. The molecule has 2 fully saturated rings. The first kappa shape index (κ1) is 24.6. The van der Waals surface area contributed by atoms with Crippen LogP contribution in [0.25, 0.3) is 10.8 Å². The molecule has 4 aromatic rings. The Morgan fingerprint density at radius 3 is 2.79 bits per heavy atom. The summed E-state index contributed by atoms with van der Waals surface area (Å²) in [5.41, 5.74) is 2.88. The highest BCUT2D eigenvalue weighted by molar-refractivity contribution is 7.80. The fourth-order valence-corrected chi connectivity index (χ4v) is 5.94. The number of aromatic nitrogens is 2. The van der Waals surface area contributed by atoms with Crippen molar-refractivity contribution in [3.05, 3.63) is 96.6 Å². The Balaban J connectivity index is 1.24. The van der Waals surface area contributed by atoms with Crippen LogP contribution in [0.5, 0.6) is 0 Å². The Bertz CT molecular complexity index is 1430. The summed E-state index contributed by atoms with van der Waals surface area (Å²) in [5, 5.41) is 9.37. The van der Waals surface area contributed by atoms with Gasteiger partial charge in [0.25, 0.3) is 0 Å². The molecule has 2 N–H and O–H groups in total. The van der Waals surface area contributed by atoms with Crippen LogP contribution in [0.15, 0.2) is 85.2 Å². The van der Waals surface area contributed by atoms with Gasteiger partial charge in [0.15, 0.2) is 5.11 Å². The van der Waals surface area contributed by atoms with E-state index in [2.05, 4.69) is 43.4 Å². The second-order valence-corrected chi connectivity index (χ2v) is 10.3. The average Bonchev–Trinajstić information content (AvgIpc) is 3.69. The normalized spacial score (nSPS) is 21.1. The summed E-state index contributed by atoms with van der Waals surface area (Å²) in [5.74, 6) is -0.0427. The number of thiocarbonyl (C=S) groups is 1. The number of ether oxygens (including phenoxy) is 1. The zero-order valence-electron chi connectivity index (χ0n) is 21.1. The minimum atomic E-state index is -0.122. The predicted octanol–water partition coefficient (Wildman–Crippen LogP) is 5.22. The van der Waals surface area contributed by atoms with Gasteiger partial charge in [-0.05, 0) is 60.8 Å². The van der Waals surface area contributed by atoms with Gasteiger partial charge in [-0.25, -0.2) is 0 Å². The Kier molecular flexibility index (Phi) is 7.07. The third-order valence-electron chi connectivity index (χ3n) is 7.43. The Hall–Kier alpha value is -3.75. The van der Waals surface area contributed by atoms with Gasteiger partial charge in [-0.3, -0.25) is 9.78 Å². The van der Waals surface area contributed by atoms with Crippen molar-refractivity contribution >= 4 is 39.7 Å². The molecule has 0 radical (unpaired) electrons. The molecule has 0 saturated carbocycles. The second-order valence-electron chi connectivity index (χ2n) is 9.87. The highest BCUT2D eigenvalue weighted by Gasteiger charge is 2.41. The van der Waals surface area contributed by atoms with E-state index in [9.17, 15) is 4.79 Å². The summed E-state index contributed by atoms with van der Waals surface area (Å²) in [4.78, 5) is 19.9. The van der Waals surface area contributed by atoms with Crippen molar-refractivity contribution in [2.45, 2.75) is 44.0 Å². The fourth-order valence-electron chi connectivity index (χ4n) is 5.61. The molecule has 2 aromatic heterocycles. The number of carbonyl (C=O) groups excluding carboxylic acids is 1. The molecule has 2 aliphatic rings. The highest BCUT2D eigenvalue weighted by Crippen LogP contribution is 2.39. The van der Waals surface area contributed by atoms with Crippen LogP contribution < -0.4 is 10.6 Å². The molecule has 4 heterocycles. The van der Waals surface area contributed by atoms with Gasteiger partial charge in [0.1, 0.15) is 0 Å². The van der Waals surface area contributed by atoms with Crippen molar-refractivity contribution in [1.82, 2.24) is 19.8 Å². The highest BCUT2D eigenvalue weighted by atomic mass is 32.1. The minimum Gasteiger partial charge on any atom is -0.376 e. The standard InChI is InChI=1S/C30H31N5O2S/c36-27(32-24-13-5-9-21-8-1-2-11-23(21)24)15-18-35-29(28(33-30(35)38)25-12-3-4-16-31-25)26-14-6-17-34(26)20-22-10-7-19-37-22/h1-6,8-9,11-14,16-17,22,28-29H,7,10,15,18-20H2,(H,32,36)(H,33,38). The van der Waals surface area contributed by atoms with Gasteiger partial charge < -0.3 is 24.8 Å². The maximum absolute atomic E-state index is 13.1. The van der Waals surface area contributed by atoms with Crippen molar-refractivity contribution < 1.29 is 9.53 Å². The smallest absolute Gasteiger partial charge is 0.226 e. The van der Waals surface area contributed by atoms with Crippen LogP contribution in [0.4, 0.5) is 5.69 Å². The van der Waals surface area contributed by atoms with E-state index in [-0.39, 0.29) is 24.1 Å². The Labute approximate surface area is 227 Å². The number of fused-ring (bicyclic) bond motifs is 1. The van der Waals surface area contributed by atoms with Crippen LogP contribution in [-0.2, 0) is 16.1 Å². The van der Waals surface area contributed by atoms with Gasteiger partial charge in [-0.15, -0.1) is 0 Å². The lowest BCUT2D eigenvalue weighted by Crippen LogP contribution is -2.33. The first-order valence-corrected chi connectivity index (χ1v) is 13.6. The number of nitrogens with zero attached hydrogens (tertiary/aromatic N) is 3. The van der Waals surface area contributed by atoms with Gasteiger partial charge in [0.05, 0.1) is 23.9 Å². The lowest BCUT2D eigenvalue weighted by atomic mass is 10.0. The van der Waals surface area contributed by atoms with Crippen LogP contribution in [0.2, 0.25) is 0 Å². The topological polar surface area (TPSA) is 71.4 Å². The molecule has 1 amide bonds. The molecule has 0 spiro atoms. The molecule has 2 aliphatic heterocycles. The molecule has 8 heteroatoms. The lowest BCUT2D eigenvalue weighted by molar-refractivity contribution is -0.116. The SMILES string of the molecule is O=C(CCN1C(=S)NC(c2ccccn2)C1c1cccn1CC1CCCO1)Nc1cccc2ccccc12. The van der Waals surface area contributed by atoms with E-state index in [1.54, 1.807) is 0 Å². The van der Waals surface area contributed by atoms with Crippen LogP contribution in [-0.4, -0.2) is 44.7 Å².